The number of hydrogen-bond acceptors (Lipinski definition) is 4. The number of nitrogens with zero attached hydrogens (tertiary/aromatic N) is 2. The second-order valence-corrected chi connectivity index (χ2v) is 4.88. The number of hydrogen-bond donors (Lipinski definition) is 2. The fraction of sp³-hybridized carbons (Fsp3) is 0.667. The summed E-state index contributed by atoms with van der Waals surface area (Å²) in [5.41, 5.74) is 5.75. The quantitative estimate of drug-likeness (QED) is 0.799. The van der Waals surface area contributed by atoms with Gasteiger partial charge in [-0.1, -0.05) is 19.8 Å². The molecule has 0 amide bonds. The van der Waals surface area contributed by atoms with Crippen LogP contribution in [-0.4, -0.2) is 16.5 Å². The van der Waals surface area contributed by atoms with Gasteiger partial charge in [-0.15, -0.1) is 0 Å². The van der Waals surface area contributed by atoms with Crippen LogP contribution in [0.4, 0.5) is 16.0 Å². The molecule has 0 unspecified atom stereocenters. The van der Waals surface area contributed by atoms with Crippen LogP contribution in [0.25, 0.3) is 0 Å². The molecule has 1 aromatic heterocycles. The highest BCUT2D eigenvalue weighted by Crippen LogP contribution is 2.49. The van der Waals surface area contributed by atoms with Gasteiger partial charge in [0.05, 0.1) is 0 Å². The fourth-order valence-electron chi connectivity index (χ4n) is 2.02. The standard InChI is InChI=1S/C12H19FN4/c1-2-3-4-12(5-6-12)7-15-11-9(13)10(14)16-8-17-11/h8H,2-7H2,1H3,(H3,14,15,16,17). The predicted molar refractivity (Wildman–Crippen MR) is 66.1 cm³/mol. The van der Waals surface area contributed by atoms with Crippen LogP contribution in [0.5, 0.6) is 0 Å². The number of unbranched alkanes of at least 4 members (excludes halogenated alkanes) is 1. The summed E-state index contributed by atoms with van der Waals surface area (Å²) in [5.74, 6) is -0.417. The number of nitrogen functional groups attached to an aromatic ring is 1. The van der Waals surface area contributed by atoms with Gasteiger partial charge in [0, 0.05) is 6.54 Å². The molecule has 0 spiro atoms. The van der Waals surface area contributed by atoms with E-state index in [9.17, 15) is 4.39 Å². The lowest BCUT2D eigenvalue weighted by molar-refractivity contribution is 0.467. The molecule has 5 heteroatoms. The van der Waals surface area contributed by atoms with Crippen LogP contribution in [0, 0.1) is 11.2 Å². The van der Waals surface area contributed by atoms with Crippen LogP contribution >= 0.6 is 0 Å². The van der Waals surface area contributed by atoms with Crippen molar-refractivity contribution >= 4 is 11.6 Å². The van der Waals surface area contributed by atoms with E-state index >= 15 is 0 Å². The summed E-state index contributed by atoms with van der Waals surface area (Å²) in [5, 5.41) is 3.06. The molecule has 1 aliphatic rings. The van der Waals surface area contributed by atoms with Gasteiger partial charge in [0.2, 0.25) is 5.82 Å². The van der Waals surface area contributed by atoms with Crippen molar-refractivity contribution in [3.8, 4) is 0 Å². The smallest absolute Gasteiger partial charge is 0.207 e. The molecule has 0 aliphatic heterocycles. The molecule has 0 atom stereocenters. The first-order valence-corrected chi connectivity index (χ1v) is 6.17. The minimum absolute atomic E-state index is 0.0964. The SMILES string of the molecule is CCCCC1(CNc2ncnc(N)c2F)CC1. The zero-order valence-electron chi connectivity index (χ0n) is 10.2. The Labute approximate surface area is 101 Å². The Morgan fingerprint density at radius 2 is 2.24 bits per heavy atom. The van der Waals surface area contributed by atoms with Crippen LogP contribution in [0.2, 0.25) is 0 Å². The van der Waals surface area contributed by atoms with Gasteiger partial charge >= 0.3 is 0 Å². The Hall–Kier alpha value is -1.39. The monoisotopic (exact) mass is 238 g/mol. The molecule has 0 aromatic carbocycles. The average Bonchev–Trinajstić information content (AvgIpc) is 3.09. The largest absolute Gasteiger partial charge is 0.381 e. The third-order valence-corrected chi connectivity index (χ3v) is 3.47. The highest BCUT2D eigenvalue weighted by atomic mass is 19.1. The van der Waals surface area contributed by atoms with Crippen LogP contribution in [0.15, 0.2) is 6.33 Å². The van der Waals surface area contributed by atoms with E-state index in [0.717, 1.165) is 6.54 Å². The summed E-state index contributed by atoms with van der Waals surface area (Å²) in [7, 11) is 0. The maximum Gasteiger partial charge on any atom is 0.207 e. The summed E-state index contributed by atoms with van der Waals surface area (Å²) in [6.07, 6.45) is 7.38. The van der Waals surface area contributed by atoms with Gasteiger partial charge in [0.25, 0.3) is 0 Å². The van der Waals surface area contributed by atoms with Crippen molar-refractivity contribution in [1.82, 2.24) is 9.97 Å². The van der Waals surface area contributed by atoms with Crippen molar-refractivity contribution < 1.29 is 4.39 Å². The van der Waals surface area contributed by atoms with Gasteiger partial charge in [-0.3, -0.25) is 0 Å². The number of halogens is 1. The number of rotatable bonds is 6. The molecule has 17 heavy (non-hydrogen) atoms. The van der Waals surface area contributed by atoms with Crippen LogP contribution in [0.3, 0.4) is 0 Å². The van der Waals surface area contributed by atoms with Crippen molar-refractivity contribution in [3.05, 3.63) is 12.1 Å². The van der Waals surface area contributed by atoms with E-state index in [4.69, 9.17) is 5.73 Å². The Kier molecular flexibility index (Phi) is 3.45. The molecule has 1 fully saturated rings. The zero-order chi connectivity index (χ0) is 12.3. The second kappa shape index (κ2) is 4.85. The maximum absolute atomic E-state index is 13.5. The topological polar surface area (TPSA) is 63.8 Å². The van der Waals surface area contributed by atoms with E-state index in [1.165, 1.54) is 38.4 Å². The van der Waals surface area contributed by atoms with Gasteiger partial charge in [0.15, 0.2) is 11.6 Å². The molecule has 1 aromatic rings. The molecular weight excluding hydrogens is 219 g/mol. The van der Waals surface area contributed by atoms with Gasteiger partial charge in [0.1, 0.15) is 6.33 Å². The molecule has 3 N–H and O–H groups in total. The molecule has 4 nitrogen and oxygen atoms in total. The Morgan fingerprint density at radius 1 is 1.47 bits per heavy atom. The van der Waals surface area contributed by atoms with Crippen LogP contribution in [0.1, 0.15) is 39.0 Å². The lowest BCUT2D eigenvalue weighted by Crippen LogP contribution is -2.17. The lowest BCUT2D eigenvalue weighted by Gasteiger charge is -2.16. The van der Waals surface area contributed by atoms with Gasteiger partial charge < -0.3 is 11.1 Å². The molecule has 0 saturated heterocycles. The van der Waals surface area contributed by atoms with E-state index in [2.05, 4.69) is 22.2 Å². The second-order valence-electron chi connectivity index (χ2n) is 4.88. The highest BCUT2D eigenvalue weighted by Gasteiger charge is 2.41. The van der Waals surface area contributed by atoms with E-state index < -0.39 is 5.82 Å². The van der Waals surface area contributed by atoms with E-state index in [0.29, 0.717) is 5.41 Å². The van der Waals surface area contributed by atoms with Crippen molar-refractivity contribution in [1.29, 1.82) is 0 Å². The zero-order valence-corrected chi connectivity index (χ0v) is 10.2. The van der Waals surface area contributed by atoms with Gasteiger partial charge in [-0.2, -0.15) is 4.39 Å². The molecule has 0 radical (unpaired) electrons. The Bertz CT molecular complexity index is 390. The number of nitrogens with two attached hydrogens (primary N) is 1. The first-order chi connectivity index (χ1) is 8.17. The Morgan fingerprint density at radius 3 is 2.88 bits per heavy atom. The molecule has 2 rings (SSSR count). The molecule has 0 bridgehead atoms. The summed E-state index contributed by atoms with van der Waals surface area (Å²) in [6.45, 7) is 2.97. The summed E-state index contributed by atoms with van der Waals surface area (Å²) in [6, 6.07) is 0. The van der Waals surface area contributed by atoms with Gasteiger partial charge in [-0.25, -0.2) is 9.97 Å². The first-order valence-electron chi connectivity index (χ1n) is 6.17. The van der Waals surface area contributed by atoms with Crippen LogP contribution < -0.4 is 11.1 Å². The third-order valence-electron chi connectivity index (χ3n) is 3.47. The summed E-state index contributed by atoms with van der Waals surface area (Å²) in [4.78, 5) is 7.47. The minimum Gasteiger partial charge on any atom is -0.381 e. The van der Waals surface area contributed by atoms with E-state index in [1.54, 1.807) is 0 Å². The van der Waals surface area contributed by atoms with Crippen LogP contribution in [-0.2, 0) is 0 Å². The highest BCUT2D eigenvalue weighted by molar-refractivity contribution is 5.46. The molecule has 1 aliphatic carbocycles. The van der Waals surface area contributed by atoms with E-state index in [1.807, 2.05) is 0 Å². The van der Waals surface area contributed by atoms with Gasteiger partial charge in [-0.05, 0) is 24.7 Å². The van der Waals surface area contributed by atoms with E-state index in [-0.39, 0.29) is 11.6 Å². The lowest BCUT2D eigenvalue weighted by atomic mass is 9.99. The average molecular weight is 238 g/mol. The minimum atomic E-state index is -0.543. The first kappa shape index (κ1) is 12.1. The fourth-order valence-corrected chi connectivity index (χ4v) is 2.02. The molecular formula is C12H19FN4. The summed E-state index contributed by atoms with van der Waals surface area (Å²) >= 11 is 0. The number of aromatic nitrogens is 2. The van der Waals surface area contributed by atoms with Crippen molar-refractivity contribution in [3.63, 3.8) is 0 Å². The van der Waals surface area contributed by atoms with Crippen molar-refractivity contribution in [2.45, 2.75) is 39.0 Å². The number of nitrogens with one attached hydrogen (secondary N) is 1. The predicted octanol–water partition coefficient (Wildman–Crippen LogP) is 2.58. The third kappa shape index (κ3) is 2.84. The summed E-state index contributed by atoms with van der Waals surface area (Å²) < 4.78 is 13.5. The normalized spacial score (nSPS) is 16.8. The maximum atomic E-state index is 13.5. The molecule has 1 saturated carbocycles. The van der Waals surface area contributed by atoms with Crippen molar-refractivity contribution in [2.24, 2.45) is 5.41 Å². The van der Waals surface area contributed by atoms with Crippen molar-refractivity contribution in [2.75, 3.05) is 17.6 Å². The molecule has 1 heterocycles. The molecule has 94 valence electrons. The number of anilines is 2. The Balaban J connectivity index is 1.92.